The average Bonchev–Trinajstić information content (AvgIpc) is 3.07. The van der Waals surface area contributed by atoms with Crippen LogP contribution in [-0.2, 0) is 9.53 Å². The summed E-state index contributed by atoms with van der Waals surface area (Å²) in [5.41, 5.74) is 1.05. The zero-order valence-electron chi connectivity index (χ0n) is 13.6. The van der Waals surface area contributed by atoms with Crippen LogP contribution in [0.25, 0.3) is 0 Å². The van der Waals surface area contributed by atoms with E-state index in [1.165, 1.54) is 19.4 Å². The molecule has 0 aliphatic carbocycles. The number of benzene rings is 1. The van der Waals surface area contributed by atoms with E-state index in [2.05, 4.69) is 9.72 Å². The average molecular weight is 337 g/mol. The normalized spacial score (nSPS) is 13.4. The van der Waals surface area contributed by atoms with E-state index < -0.39 is 5.97 Å². The summed E-state index contributed by atoms with van der Waals surface area (Å²) >= 11 is 0. The highest BCUT2D eigenvalue weighted by atomic mass is 16.5. The maximum Gasteiger partial charge on any atom is 0.339 e. The van der Waals surface area contributed by atoms with Gasteiger partial charge < -0.3 is 14.4 Å². The van der Waals surface area contributed by atoms with Gasteiger partial charge in [-0.25, -0.2) is 9.78 Å². The van der Waals surface area contributed by atoms with Crippen LogP contribution >= 0.6 is 0 Å². The number of nitrogens with zero attached hydrogens (tertiary/aromatic N) is 3. The molecule has 1 aliphatic rings. The molecule has 1 aliphatic heterocycles. The maximum absolute atomic E-state index is 11.8. The number of methoxy groups -OCH3 is 1. The molecule has 7 nitrogen and oxygen atoms in total. The highest BCUT2D eigenvalue weighted by Crippen LogP contribution is 2.28. The van der Waals surface area contributed by atoms with Crippen LogP contribution in [0.4, 0.5) is 5.69 Å². The van der Waals surface area contributed by atoms with Crippen molar-refractivity contribution in [3.05, 3.63) is 47.8 Å². The van der Waals surface area contributed by atoms with E-state index in [1.54, 1.807) is 29.2 Å². The van der Waals surface area contributed by atoms with Gasteiger partial charge in [0.15, 0.2) is 11.4 Å². The van der Waals surface area contributed by atoms with Crippen LogP contribution in [0.5, 0.6) is 11.5 Å². The highest BCUT2D eigenvalue weighted by Gasteiger charge is 2.21. The molecule has 1 aromatic heterocycles. The van der Waals surface area contributed by atoms with Crippen molar-refractivity contribution in [3.63, 3.8) is 0 Å². The van der Waals surface area contributed by atoms with Crippen LogP contribution in [0.1, 0.15) is 28.9 Å². The van der Waals surface area contributed by atoms with Crippen LogP contribution in [0.3, 0.4) is 0 Å². The van der Waals surface area contributed by atoms with E-state index in [9.17, 15) is 9.59 Å². The summed E-state index contributed by atoms with van der Waals surface area (Å²) in [5.74, 6) is 0.172. The van der Waals surface area contributed by atoms with E-state index in [4.69, 9.17) is 10.00 Å². The van der Waals surface area contributed by atoms with Gasteiger partial charge in [0, 0.05) is 24.8 Å². The summed E-state index contributed by atoms with van der Waals surface area (Å²) in [4.78, 5) is 29.0. The molecular weight excluding hydrogens is 322 g/mol. The predicted octanol–water partition coefficient (Wildman–Crippen LogP) is 2.66. The lowest BCUT2D eigenvalue weighted by Crippen LogP contribution is -2.23. The number of ether oxygens (including phenoxy) is 2. The molecule has 0 N–H and O–H groups in total. The van der Waals surface area contributed by atoms with Gasteiger partial charge in [-0.2, -0.15) is 5.26 Å². The van der Waals surface area contributed by atoms with Crippen molar-refractivity contribution >= 4 is 17.6 Å². The van der Waals surface area contributed by atoms with Crippen LogP contribution in [0, 0.1) is 11.3 Å². The Balaban J connectivity index is 1.83. The van der Waals surface area contributed by atoms with Gasteiger partial charge in [0.05, 0.1) is 12.7 Å². The van der Waals surface area contributed by atoms with E-state index in [-0.39, 0.29) is 22.9 Å². The Bertz CT molecular complexity index is 856. The first-order valence-corrected chi connectivity index (χ1v) is 7.69. The van der Waals surface area contributed by atoms with E-state index in [1.807, 2.05) is 6.07 Å². The summed E-state index contributed by atoms with van der Waals surface area (Å²) in [5, 5.41) is 9.15. The summed E-state index contributed by atoms with van der Waals surface area (Å²) in [6, 6.07) is 10.3. The van der Waals surface area contributed by atoms with Crippen molar-refractivity contribution in [1.82, 2.24) is 4.98 Å². The summed E-state index contributed by atoms with van der Waals surface area (Å²) < 4.78 is 10.3. The minimum atomic E-state index is -0.565. The van der Waals surface area contributed by atoms with Crippen molar-refractivity contribution in [1.29, 1.82) is 5.26 Å². The molecule has 0 saturated carbocycles. The first-order chi connectivity index (χ1) is 12.1. The number of pyridine rings is 1. The van der Waals surface area contributed by atoms with Gasteiger partial charge in [-0.05, 0) is 36.8 Å². The standard InChI is InChI=1S/C18H15N3O4/c1-24-18(23)12-9-16(15(10-19)20-11-12)25-14-6-4-13(5-7-14)21-8-2-3-17(21)22/h4-7,9,11H,2-3,8H2,1H3. The topological polar surface area (TPSA) is 92.5 Å². The highest BCUT2D eigenvalue weighted by molar-refractivity contribution is 5.95. The number of hydrogen-bond acceptors (Lipinski definition) is 6. The Hall–Kier alpha value is -3.40. The first-order valence-electron chi connectivity index (χ1n) is 7.69. The molecule has 0 radical (unpaired) electrons. The van der Waals surface area contributed by atoms with Gasteiger partial charge in [0.25, 0.3) is 0 Å². The number of carbonyl (C=O) groups is 2. The molecule has 1 aromatic carbocycles. The SMILES string of the molecule is COC(=O)c1cnc(C#N)c(Oc2ccc(N3CCCC3=O)cc2)c1. The molecule has 0 atom stereocenters. The van der Waals surface area contributed by atoms with E-state index in [0.29, 0.717) is 18.7 Å². The fourth-order valence-electron chi connectivity index (χ4n) is 2.58. The predicted molar refractivity (Wildman–Crippen MR) is 88.4 cm³/mol. The Kier molecular flexibility index (Phi) is 4.61. The Morgan fingerprint density at radius 3 is 2.68 bits per heavy atom. The van der Waals surface area contributed by atoms with Gasteiger partial charge in [-0.1, -0.05) is 0 Å². The van der Waals surface area contributed by atoms with Crippen molar-refractivity contribution < 1.29 is 19.1 Å². The molecule has 2 heterocycles. The molecule has 2 aromatic rings. The third-order valence-electron chi connectivity index (χ3n) is 3.83. The molecule has 1 saturated heterocycles. The molecule has 25 heavy (non-hydrogen) atoms. The lowest BCUT2D eigenvalue weighted by Gasteiger charge is -2.16. The number of amides is 1. The summed E-state index contributed by atoms with van der Waals surface area (Å²) in [6.45, 7) is 0.711. The number of carbonyl (C=O) groups excluding carboxylic acids is 2. The smallest absolute Gasteiger partial charge is 0.339 e. The van der Waals surface area contributed by atoms with Gasteiger partial charge in [-0.3, -0.25) is 4.79 Å². The number of rotatable bonds is 4. The fraction of sp³-hybridized carbons (Fsp3) is 0.222. The van der Waals surface area contributed by atoms with Crippen molar-refractivity contribution in [2.45, 2.75) is 12.8 Å². The molecule has 0 bridgehead atoms. The maximum atomic E-state index is 11.8. The molecule has 126 valence electrons. The van der Waals surface area contributed by atoms with Crippen LogP contribution < -0.4 is 9.64 Å². The summed E-state index contributed by atoms with van der Waals surface area (Å²) in [6.07, 6.45) is 2.68. The second kappa shape index (κ2) is 7.01. The van der Waals surface area contributed by atoms with Gasteiger partial charge >= 0.3 is 5.97 Å². The molecule has 0 unspecified atom stereocenters. The number of aromatic nitrogens is 1. The molecule has 1 amide bonds. The second-order valence-electron chi connectivity index (χ2n) is 5.42. The van der Waals surface area contributed by atoms with Crippen LogP contribution in [0.15, 0.2) is 36.5 Å². The number of hydrogen-bond donors (Lipinski definition) is 0. The van der Waals surface area contributed by atoms with E-state index in [0.717, 1.165) is 12.1 Å². The number of nitriles is 1. The lowest BCUT2D eigenvalue weighted by atomic mass is 10.2. The Morgan fingerprint density at radius 1 is 1.32 bits per heavy atom. The zero-order valence-corrected chi connectivity index (χ0v) is 13.6. The molecule has 1 fully saturated rings. The molecule has 0 spiro atoms. The third kappa shape index (κ3) is 3.43. The number of esters is 1. The molecular formula is C18H15N3O4. The lowest BCUT2D eigenvalue weighted by molar-refractivity contribution is -0.117. The second-order valence-corrected chi connectivity index (χ2v) is 5.42. The monoisotopic (exact) mass is 337 g/mol. The van der Waals surface area contributed by atoms with Crippen LogP contribution in [0.2, 0.25) is 0 Å². The summed E-state index contributed by atoms with van der Waals surface area (Å²) in [7, 11) is 1.26. The molecule has 7 heteroatoms. The van der Waals surface area contributed by atoms with Gasteiger partial charge in [-0.15, -0.1) is 0 Å². The minimum absolute atomic E-state index is 0.0615. The Labute approximate surface area is 144 Å². The van der Waals surface area contributed by atoms with E-state index >= 15 is 0 Å². The van der Waals surface area contributed by atoms with Crippen molar-refractivity contribution in [3.8, 4) is 17.6 Å². The van der Waals surface area contributed by atoms with Crippen molar-refractivity contribution in [2.24, 2.45) is 0 Å². The van der Waals surface area contributed by atoms with Crippen molar-refractivity contribution in [2.75, 3.05) is 18.6 Å². The van der Waals surface area contributed by atoms with Gasteiger partial charge in [0.1, 0.15) is 11.8 Å². The minimum Gasteiger partial charge on any atom is -0.465 e. The van der Waals surface area contributed by atoms with Gasteiger partial charge in [0.2, 0.25) is 5.91 Å². The van der Waals surface area contributed by atoms with Crippen LogP contribution in [-0.4, -0.2) is 30.5 Å². The largest absolute Gasteiger partial charge is 0.465 e. The zero-order chi connectivity index (χ0) is 17.8. The Morgan fingerprint density at radius 2 is 2.08 bits per heavy atom. The fourth-order valence-corrected chi connectivity index (χ4v) is 2.58. The third-order valence-corrected chi connectivity index (χ3v) is 3.83. The quantitative estimate of drug-likeness (QED) is 0.796. The number of anilines is 1. The molecule has 3 rings (SSSR count). The first kappa shape index (κ1) is 16.5.